The van der Waals surface area contributed by atoms with E-state index in [0.29, 0.717) is 5.69 Å². The predicted molar refractivity (Wildman–Crippen MR) is 64.6 cm³/mol. The highest BCUT2D eigenvalue weighted by Gasteiger charge is 2.06. The van der Waals surface area contributed by atoms with Crippen molar-refractivity contribution >= 4 is 28.6 Å². The summed E-state index contributed by atoms with van der Waals surface area (Å²) in [6.07, 6.45) is -0.782. The molecular weight excluding hydrogens is 247 g/mol. The summed E-state index contributed by atoms with van der Waals surface area (Å²) in [4.78, 5) is 15.7. The summed E-state index contributed by atoms with van der Waals surface area (Å²) >= 11 is 5.68. The predicted octanol–water partition coefficient (Wildman–Crippen LogP) is 3.58. The Labute approximate surface area is 103 Å². The summed E-state index contributed by atoms with van der Waals surface area (Å²) in [7, 11) is 0. The van der Waals surface area contributed by atoms with Crippen LogP contribution in [0.5, 0.6) is 0 Å². The number of carbonyl (C=O) groups is 1. The second-order valence-corrected chi connectivity index (χ2v) is 3.97. The molecule has 0 saturated carbocycles. The molecule has 0 fully saturated rings. The fourth-order valence-corrected chi connectivity index (χ4v) is 0.899. The van der Waals surface area contributed by atoms with Gasteiger partial charge in [0.1, 0.15) is 11.0 Å². The zero-order valence-electron chi connectivity index (χ0n) is 9.41. The van der Waals surface area contributed by atoms with E-state index in [1.807, 2.05) is 13.8 Å². The lowest BCUT2D eigenvalue weighted by atomic mass is 10.2. The highest BCUT2D eigenvalue weighted by molar-refractivity contribution is 6.65. The summed E-state index contributed by atoms with van der Waals surface area (Å²) < 4.78 is 12.6. The lowest BCUT2D eigenvalue weighted by molar-refractivity contribution is 0.166. The minimum Gasteiger partial charge on any atom is -0.297 e. The number of halogens is 2. The Bertz CT molecular complexity index is 418. The van der Waals surface area contributed by atoms with Crippen LogP contribution in [0.2, 0.25) is 0 Å². The maximum atomic E-state index is 12.6. The normalized spacial score (nSPS) is 11.5. The first-order valence-electron chi connectivity index (χ1n) is 4.96. The van der Waals surface area contributed by atoms with E-state index >= 15 is 0 Å². The zero-order valence-corrected chi connectivity index (χ0v) is 10.2. The molecule has 1 rings (SSSR count). The van der Waals surface area contributed by atoms with Crippen molar-refractivity contribution in [2.24, 2.45) is 11.1 Å². The van der Waals surface area contributed by atoms with Gasteiger partial charge in [0.05, 0.1) is 0 Å². The maximum Gasteiger partial charge on any atom is 0.437 e. The first-order valence-corrected chi connectivity index (χ1v) is 5.34. The number of nitrogens with zero attached hydrogens (tertiary/aromatic N) is 1. The quantitative estimate of drug-likeness (QED) is 0.512. The molecule has 0 aliphatic carbocycles. The molecule has 1 amide bonds. The number of anilines is 1. The van der Waals surface area contributed by atoms with Gasteiger partial charge in [-0.25, -0.2) is 9.18 Å². The molecule has 0 heterocycles. The standard InChI is InChI=1S/C11H12ClFN2O2/c1-7(2)10(12)15-17-11(16)14-9-5-3-8(13)4-6-9/h3-7H,1-2H3,(H,14,16). The summed E-state index contributed by atoms with van der Waals surface area (Å²) in [5.41, 5.74) is 0.410. The van der Waals surface area contributed by atoms with Crippen LogP contribution < -0.4 is 5.32 Å². The van der Waals surface area contributed by atoms with Gasteiger partial charge in [-0.05, 0) is 24.3 Å². The average molecular weight is 259 g/mol. The smallest absolute Gasteiger partial charge is 0.297 e. The van der Waals surface area contributed by atoms with E-state index in [4.69, 9.17) is 11.6 Å². The van der Waals surface area contributed by atoms with Crippen LogP contribution in [-0.4, -0.2) is 11.3 Å². The number of amides is 1. The third kappa shape index (κ3) is 4.82. The first kappa shape index (κ1) is 13.4. The van der Waals surface area contributed by atoms with E-state index < -0.39 is 6.09 Å². The molecule has 1 aromatic rings. The van der Waals surface area contributed by atoms with E-state index in [9.17, 15) is 9.18 Å². The van der Waals surface area contributed by atoms with Crippen LogP contribution >= 0.6 is 11.6 Å². The van der Waals surface area contributed by atoms with Crippen molar-refractivity contribution in [3.63, 3.8) is 0 Å². The van der Waals surface area contributed by atoms with Gasteiger partial charge >= 0.3 is 6.09 Å². The Morgan fingerprint density at radius 1 is 1.41 bits per heavy atom. The number of benzene rings is 1. The van der Waals surface area contributed by atoms with E-state index in [-0.39, 0.29) is 16.9 Å². The highest BCUT2D eigenvalue weighted by atomic mass is 35.5. The van der Waals surface area contributed by atoms with Gasteiger partial charge < -0.3 is 0 Å². The van der Waals surface area contributed by atoms with Crippen LogP contribution in [0.3, 0.4) is 0 Å². The van der Waals surface area contributed by atoms with E-state index in [1.54, 1.807) is 0 Å². The largest absolute Gasteiger partial charge is 0.437 e. The highest BCUT2D eigenvalue weighted by Crippen LogP contribution is 2.09. The molecule has 4 nitrogen and oxygen atoms in total. The molecule has 1 aromatic carbocycles. The molecule has 17 heavy (non-hydrogen) atoms. The number of hydrogen-bond donors (Lipinski definition) is 1. The van der Waals surface area contributed by atoms with Crippen molar-refractivity contribution in [1.29, 1.82) is 0 Å². The van der Waals surface area contributed by atoms with Crippen LogP contribution in [0.15, 0.2) is 29.4 Å². The Balaban J connectivity index is 2.50. The van der Waals surface area contributed by atoms with E-state index in [0.717, 1.165) is 0 Å². The molecule has 92 valence electrons. The number of rotatable bonds is 3. The van der Waals surface area contributed by atoms with Gasteiger partial charge in [0.25, 0.3) is 0 Å². The van der Waals surface area contributed by atoms with Crippen LogP contribution in [0.1, 0.15) is 13.8 Å². The van der Waals surface area contributed by atoms with Crippen molar-refractivity contribution in [2.45, 2.75) is 13.8 Å². The van der Waals surface area contributed by atoms with Crippen LogP contribution in [0.25, 0.3) is 0 Å². The molecule has 0 atom stereocenters. The summed E-state index contributed by atoms with van der Waals surface area (Å²) in [6.45, 7) is 3.63. The molecule has 6 heteroatoms. The van der Waals surface area contributed by atoms with Gasteiger partial charge in [-0.15, -0.1) is 0 Å². The lowest BCUT2D eigenvalue weighted by Gasteiger charge is -2.03. The van der Waals surface area contributed by atoms with Gasteiger partial charge in [0, 0.05) is 11.6 Å². The molecule has 1 N–H and O–H groups in total. The summed E-state index contributed by atoms with van der Waals surface area (Å²) in [6, 6.07) is 5.26. The fourth-order valence-electron chi connectivity index (χ4n) is 0.864. The van der Waals surface area contributed by atoms with Crippen LogP contribution in [0.4, 0.5) is 14.9 Å². The first-order chi connectivity index (χ1) is 7.99. The number of carbonyl (C=O) groups excluding carboxylic acids is 1. The van der Waals surface area contributed by atoms with Gasteiger partial charge in [-0.2, -0.15) is 0 Å². The lowest BCUT2D eigenvalue weighted by Crippen LogP contribution is -2.12. The Morgan fingerprint density at radius 3 is 2.53 bits per heavy atom. The Kier molecular flexibility index (Phi) is 4.90. The second-order valence-electron chi connectivity index (χ2n) is 3.58. The number of oxime groups is 1. The van der Waals surface area contributed by atoms with Crippen molar-refractivity contribution in [2.75, 3.05) is 5.32 Å². The molecule has 0 radical (unpaired) electrons. The molecular formula is C11H12ClFN2O2. The van der Waals surface area contributed by atoms with Crippen molar-refractivity contribution < 1.29 is 14.0 Å². The SMILES string of the molecule is CC(C)C(Cl)=NOC(=O)Nc1ccc(F)cc1. The minimum absolute atomic E-state index is 0.0183. The summed E-state index contributed by atoms with van der Waals surface area (Å²) in [5, 5.41) is 6.00. The van der Waals surface area contributed by atoms with Crippen molar-refractivity contribution in [3.05, 3.63) is 30.1 Å². The molecule has 0 saturated heterocycles. The maximum absolute atomic E-state index is 12.6. The van der Waals surface area contributed by atoms with E-state index in [2.05, 4.69) is 15.3 Å². The molecule has 0 aromatic heterocycles. The second kappa shape index (κ2) is 6.20. The topological polar surface area (TPSA) is 50.7 Å². The Hall–Kier alpha value is -1.62. The van der Waals surface area contributed by atoms with Crippen LogP contribution in [0, 0.1) is 11.7 Å². The van der Waals surface area contributed by atoms with Crippen molar-refractivity contribution in [1.82, 2.24) is 0 Å². The zero-order chi connectivity index (χ0) is 12.8. The van der Waals surface area contributed by atoms with Gasteiger partial charge in [0.2, 0.25) is 0 Å². The van der Waals surface area contributed by atoms with Crippen molar-refractivity contribution in [3.8, 4) is 0 Å². The monoisotopic (exact) mass is 258 g/mol. The third-order valence-electron chi connectivity index (χ3n) is 1.78. The van der Waals surface area contributed by atoms with Gasteiger partial charge in [-0.1, -0.05) is 30.6 Å². The van der Waals surface area contributed by atoms with Gasteiger partial charge in [0.15, 0.2) is 0 Å². The average Bonchev–Trinajstić information content (AvgIpc) is 2.29. The number of nitrogens with one attached hydrogen (secondary N) is 1. The Morgan fingerprint density at radius 2 is 2.00 bits per heavy atom. The molecule has 0 aliphatic heterocycles. The minimum atomic E-state index is -0.782. The summed E-state index contributed by atoms with van der Waals surface area (Å²) in [5.74, 6) is -0.403. The third-order valence-corrected chi connectivity index (χ3v) is 2.29. The van der Waals surface area contributed by atoms with E-state index in [1.165, 1.54) is 24.3 Å². The molecule has 0 unspecified atom stereocenters. The molecule has 0 bridgehead atoms. The van der Waals surface area contributed by atoms with Crippen LogP contribution in [-0.2, 0) is 4.84 Å². The fraction of sp³-hybridized carbons (Fsp3) is 0.273. The van der Waals surface area contributed by atoms with Gasteiger partial charge in [-0.3, -0.25) is 10.2 Å². The number of hydrogen-bond acceptors (Lipinski definition) is 3. The molecule has 0 spiro atoms. The molecule has 0 aliphatic rings.